The van der Waals surface area contributed by atoms with Crippen LogP contribution in [0.25, 0.3) is 22.0 Å². The van der Waals surface area contributed by atoms with Gasteiger partial charge in [-0.1, -0.05) is 171 Å². The largest absolute Gasteiger partial charge is 0.508 e. The number of fused-ring (bicyclic) bond motifs is 1. The Hall–Kier alpha value is -13.8. The topological polar surface area (TPSA) is 642 Å². The van der Waals surface area contributed by atoms with E-state index in [1.165, 1.54) is 52.0 Å². The van der Waals surface area contributed by atoms with Crippen LogP contribution >= 0.6 is 11.8 Å². The lowest BCUT2D eigenvalue weighted by Crippen LogP contribution is -2.62. The molecule has 15 atom stereocenters. The van der Waals surface area contributed by atoms with E-state index in [0.29, 0.717) is 44.9 Å². The number of carbonyl (C=O) groups excluding carboxylic acids is 17. The van der Waals surface area contributed by atoms with E-state index in [9.17, 15) is 72.9 Å². The van der Waals surface area contributed by atoms with Crippen molar-refractivity contribution >= 4 is 129 Å². The van der Waals surface area contributed by atoms with Crippen LogP contribution in [0.5, 0.6) is 5.75 Å². The normalized spacial score (nSPS) is 23.5. The molecule has 1 aromatic heterocycles. The van der Waals surface area contributed by atoms with Gasteiger partial charge in [0.2, 0.25) is 100 Å². The predicted molar refractivity (Wildman–Crippen MR) is 487 cm³/mol. The molecule has 40 nitrogen and oxygen atoms in total. The monoisotopic (exact) mass is 1850 g/mol. The summed E-state index contributed by atoms with van der Waals surface area (Å²) in [4.78, 5) is 261. The molecule has 41 heteroatoms. The molecule has 1 aliphatic rings. The zero-order valence-electron chi connectivity index (χ0n) is 75.1. The van der Waals surface area contributed by atoms with Gasteiger partial charge in [-0.25, -0.2) is 0 Å². The van der Waals surface area contributed by atoms with Gasteiger partial charge in [0, 0.05) is 55.1 Å². The van der Waals surface area contributed by atoms with Crippen molar-refractivity contribution in [1.29, 1.82) is 0 Å². The first kappa shape index (κ1) is 105. The van der Waals surface area contributed by atoms with E-state index >= 15 is 28.8 Å². The summed E-state index contributed by atoms with van der Waals surface area (Å²) in [6.45, 7) is 13.6. The Morgan fingerprint density at radius 2 is 0.818 bits per heavy atom. The molecule has 0 aliphatic carbocycles. The minimum atomic E-state index is -2.07. The molecule has 1 saturated heterocycles. The highest BCUT2D eigenvalue weighted by Crippen LogP contribution is 2.24. The molecule has 0 bridgehead atoms. The number of aromatic amines is 1. The number of carbonyl (C=O) groups is 18. The first-order valence-corrected chi connectivity index (χ1v) is 44.4. The van der Waals surface area contributed by atoms with Gasteiger partial charge < -0.3 is 117 Å². The summed E-state index contributed by atoms with van der Waals surface area (Å²) in [6.07, 6.45) is -2.07. The first-order valence-electron chi connectivity index (χ1n) is 43.3. The molecule has 712 valence electrons. The number of aromatic nitrogens is 1. The third-order valence-corrected chi connectivity index (χ3v) is 22.4. The molecular formula is C91H121N19O21S. The number of carboxylic acid groups (broad SMARTS) is 1. The predicted octanol–water partition coefficient (Wildman–Crippen LogP) is -1.94. The highest BCUT2D eigenvalue weighted by atomic mass is 32.2. The second kappa shape index (κ2) is 50.9. The minimum Gasteiger partial charge on any atom is -0.508 e. The number of benzene rings is 5. The number of aliphatic hydroxyl groups is 1. The quantitative estimate of drug-likeness (QED) is 0.0313. The lowest BCUT2D eigenvalue weighted by atomic mass is 9.97. The number of H-pyrrole nitrogens is 1. The molecule has 1 fully saturated rings. The molecule has 0 radical (unpaired) electrons. The summed E-state index contributed by atoms with van der Waals surface area (Å²) < 4.78 is 0. The van der Waals surface area contributed by atoms with Crippen LogP contribution in [0.1, 0.15) is 117 Å². The van der Waals surface area contributed by atoms with Gasteiger partial charge >= 0.3 is 5.97 Å². The molecule has 6 aromatic rings. The van der Waals surface area contributed by atoms with Crippen molar-refractivity contribution in [2.75, 3.05) is 24.7 Å². The van der Waals surface area contributed by atoms with Gasteiger partial charge in [-0.15, -0.1) is 11.8 Å². The Labute approximate surface area is 767 Å². The summed E-state index contributed by atoms with van der Waals surface area (Å²) in [7, 11) is 0. The summed E-state index contributed by atoms with van der Waals surface area (Å²) in [5.74, 6) is -23.5. The summed E-state index contributed by atoms with van der Waals surface area (Å²) in [5, 5.41) is 70.0. The van der Waals surface area contributed by atoms with Crippen molar-refractivity contribution in [1.82, 2.24) is 84.7 Å². The molecule has 5 aromatic carbocycles. The third kappa shape index (κ3) is 33.0. The number of nitrogens with two attached hydrogens (primary N) is 3. The van der Waals surface area contributed by atoms with E-state index in [1.807, 2.05) is 30.3 Å². The molecule has 17 amide bonds. The fourth-order valence-corrected chi connectivity index (χ4v) is 15.0. The number of hydrogen-bond acceptors (Lipinski definition) is 22. The standard InChI is InChI=1S/C91H121N19O21S/c1-46(2)33-61-79(119)103-65(36-53-25-29-56(30-26-53)55-21-15-12-16-22-55)86(126)110-75(48(5)6)90(130)106-69(41-92)87(127)97-51(10)78(118)99-67(39-72(93)113)83(123)101-62(34-47(3)4)85(125)109-76(49(7)8)91(131)107-70(43-111)88(128)108-71(89(129)96-50(9)77(94)117)44-132-45-73(114)98-63(35-52-19-13-11-14-20-52)80(120)102-64(37-54-27-31-58(112)32-28-54)81(121)105-68(40-74(115)116)84(124)104-66(82(122)100-61)38-57-42-95-60-24-18-17-23-59(57)60/h11-32,42,46-51,61-71,75-76,95,111-112H,33-41,43-45,92H2,1-10H3,(H2,93,113)(H2,94,117)(H,96,129)(H,97,127)(H,98,114)(H,99,118)(H,100,122)(H,101,123)(H,102,120)(H,103,119)(H,104,124)(H,105,121)(H,106,130)(H,107,131)(H,108,128)(H,109,125)(H,110,126)(H,115,116)/t50-,51+,61-,62-,63-,64-,65-,66-,67-,68-,69+,70-,71-,75-,76-/m0/s1. The number of amides is 17. The minimum absolute atomic E-state index is 0.134. The van der Waals surface area contributed by atoms with Crippen molar-refractivity contribution < 1.29 is 102 Å². The Morgan fingerprint density at radius 3 is 1.31 bits per heavy atom. The number of phenolic OH excluding ortho intramolecular Hbond substituents is 1. The van der Waals surface area contributed by atoms with E-state index in [-0.39, 0.29) is 37.9 Å². The fraction of sp³-hybridized carbons (Fsp3) is 0.451. The molecule has 7 rings (SSSR count). The van der Waals surface area contributed by atoms with Crippen LogP contribution in [-0.4, -0.2) is 242 Å². The van der Waals surface area contributed by atoms with Gasteiger partial charge in [0.25, 0.3) is 0 Å². The maximum absolute atomic E-state index is 15.4. The Bertz CT molecular complexity index is 5060. The van der Waals surface area contributed by atoms with E-state index in [1.54, 1.807) is 127 Å². The molecule has 1 aliphatic heterocycles. The Morgan fingerprint density at radius 1 is 0.424 bits per heavy atom. The smallest absolute Gasteiger partial charge is 0.305 e. The number of carboxylic acids is 1. The van der Waals surface area contributed by atoms with E-state index in [4.69, 9.17) is 17.2 Å². The number of aromatic hydroxyl groups is 1. The van der Waals surface area contributed by atoms with Crippen LogP contribution in [0.3, 0.4) is 0 Å². The zero-order valence-corrected chi connectivity index (χ0v) is 75.9. The molecule has 0 unspecified atom stereocenters. The lowest BCUT2D eigenvalue weighted by molar-refractivity contribution is -0.141. The number of aliphatic hydroxyl groups excluding tert-OH is 1. The molecular weight excluding hydrogens is 1730 g/mol. The van der Waals surface area contributed by atoms with Crippen LogP contribution in [0, 0.1) is 23.7 Å². The molecule has 132 heavy (non-hydrogen) atoms. The number of phenols is 1. The number of aliphatic carboxylic acids is 1. The average molecular weight is 1850 g/mol. The van der Waals surface area contributed by atoms with Gasteiger partial charge in [0.05, 0.1) is 25.2 Å². The fourth-order valence-electron chi connectivity index (χ4n) is 14.2. The van der Waals surface area contributed by atoms with E-state index in [0.717, 1.165) is 11.1 Å². The van der Waals surface area contributed by atoms with E-state index < -0.39 is 265 Å². The van der Waals surface area contributed by atoms with Crippen LogP contribution in [0.4, 0.5) is 0 Å². The number of thioether (sulfide) groups is 1. The van der Waals surface area contributed by atoms with Gasteiger partial charge in [0.1, 0.15) is 96.4 Å². The van der Waals surface area contributed by atoms with Crippen molar-refractivity contribution in [2.24, 2.45) is 40.9 Å². The summed E-state index contributed by atoms with van der Waals surface area (Å²) in [6, 6.07) is 11.8. The summed E-state index contributed by atoms with van der Waals surface area (Å²) >= 11 is 0.698. The molecule has 0 saturated carbocycles. The number of hydrogen-bond donors (Lipinski definition) is 22. The first-order chi connectivity index (χ1) is 62.5. The van der Waals surface area contributed by atoms with Crippen LogP contribution in [0.2, 0.25) is 0 Å². The van der Waals surface area contributed by atoms with Crippen LogP contribution < -0.4 is 97.0 Å². The average Bonchev–Trinajstić information content (AvgIpc) is 1.61. The van der Waals surface area contributed by atoms with Crippen molar-refractivity contribution in [3.8, 4) is 16.9 Å². The van der Waals surface area contributed by atoms with Gasteiger partial charge in [-0.05, 0) is 102 Å². The second-order valence-electron chi connectivity index (χ2n) is 33.9. The zero-order chi connectivity index (χ0) is 97.3. The number of nitrogens with one attached hydrogen (secondary N) is 16. The van der Waals surface area contributed by atoms with Gasteiger partial charge in [0.15, 0.2) is 0 Å². The van der Waals surface area contributed by atoms with E-state index in [2.05, 4.69) is 84.7 Å². The maximum Gasteiger partial charge on any atom is 0.305 e. The van der Waals surface area contributed by atoms with Crippen molar-refractivity contribution in [3.05, 3.63) is 162 Å². The maximum atomic E-state index is 15.4. The molecule has 25 N–H and O–H groups in total. The van der Waals surface area contributed by atoms with Crippen molar-refractivity contribution in [2.45, 2.75) is 211 Å². The third-order valence-electron chi connectivity index (χ3n) is 21.4. The number of rotatable bonds is 24. The summed E-state index contributed by atoms with van der Waals surface area (Å²) in [5.41, 5.74) is 21.1. The number of para-hydroxylation sites is 1. The molecule has 2 heterocycles. The highest BCUT2D eigenvalue weighted by molar-refractivity contribution is 8.00. The van der Waals surface area contributed by atoms with Crippen LogP contribution in [0.15, 0.2) is 140 Å². The SMILES string of the molecule is CC(C)C[C@@H]1NC(=O)[C@H](Cc2c[nH]c3ccccc23)NC(=O)[C@H](CC(=O)O)NC(=O)[C@H](Cc2ccc(O)cc2)NC(=O)[C@H](Cc2ccccc2)NC(=O)CSC[C@@H](C(=O)N[C@@H](C)C(N)=O)NC(=O)[C@H](CO)NC(=O)[C@H](C(C)C)NC(=O)[C@H](CC(C)C)NC(=O)[C@H](CC(N)=O)NC(=O)[C@@H](C)NC(=O)[C@@H](CN)NC(=O)[C@H](C(C)C)NC(=O)[C@H](Cc2ccc(-c3ccccc3)cc2)NC1=O. The Kier molecular flexibility index (Phi) is 40.6. The number of primary amides is 2. The Balaban J connectivity index is 1.31. The van der Waals surface area contributed by atoms with Gasteiger partial charge in [-0.2, -0.15) is 0 Å². The van der Waals surface area contributed by atoms with Gasteiger partial charge in [-0.3, -0.25) is 86.3 Å². The lowest BCUT2D eigenvalue weighted by Gasteiger charge is -2.29. The second-order valence-corrected chi connectivity index (χ2v) is 34.9. The highest BCUT2D eigenvalue weighted by Gasteiger charge is 2.41. The van der Waals surface area contributed by atoms with Crippen LogP contribution in [-0.2, 0) is 112 Å². The molecule has 0 spiro atoms. The van der Waals surface area contributed by atoms with Crippen molar-refractivity contribution in [3.63, 3.8) is 0 Å².